The fourth-order valence-corrected chi connectivity index (χ4v) is 2.89. The average Bonchev–Trinajstić information content (AvgIpc) is 2.57. The van der Waals surface area contributed by atoms with Crippen molar-refractivity contribution in [2.75, 3.05) is 0 Å². The Morgan fingerprint density at radius 1 is 1.32 bits per heavy atom. The number of halogens is 2. The maximum atomic E-state index is 12.1. The Hall–Kier alpha value is -0.810. The van der Waals surface area contributed by atoms with Crippen molar-refractivity contribution in [1.82, 2.24) is 9.78 Å². The van der Waals surface area contributed by atoms with Crippen molar-refractivity contribution in [1.29, 1.82) is 0 Å². The van der Waals surface area contributed by atoms with Crippen LogP contribution in [0.2, 0.25) is 0 Å². The summed E-state index contributed by atoms with van der Waals surface area (Å²) in [6, 6.07) is 7.97. The zero-order valence-electron chi connectivity index (χ0n) is 10.9. The second kappa shape index (κ2) is 6.09. The first-order valence-corrected chi connectivity index (χ1v) is 7.77. The van der Waals surface area contributed by atoms with Crippen LogP contribution in [0.4, 0.5) is 0 Å². The van der Waals surface area contributed by atoms with Crippen LogP contribution >= 0.6 is 31.9 Å². The van der Waals surface area contributed by atoms with Crippen LogP contribution in [-0.4, -0.2) is 9.78 Å². The predicted molar refractivity (Wildman–Crippen MR) is 84.5 cm³/mol. The van der Waals surface area contributed by atoms with E-state index in [9.17, 15) is 4.79 Å². The first kappa shape index (κ1) is 14.6. The Labute approximate surface area is 129 Å². The van der Waals surface area contributed by atoms with E-state index in [1.165, 1.54) is 0 Å². The van der Waals surface area contributed by atoms with Crippen LogP contribution in [0.3, 0.4) is 0 Å². The summed E-state index contributed by atoms with van der Waals surface area (Å²) in [6.45, 7) is 4.82. The topological polar surface area (TPSA) is 37.8 Å². The molecule has 3 nitrogen and oxygen atoms in total. The van der Waals surface area contributed by atoms with E-state index in [-0.39, 0.29) is 5.56 Å². The number of aromatic amines is 1. The molecule has 0 spiro atoms. The summed E-state index contributed by atoms with van der Waals surface area (Å²) in [5, 5.41) is 3.19. The Balaban J connectivity index is 2.28. The summed E-state index contributed by atoms with van der Waals surface area (Å²) in [7, 11) is 0. The molecule has 5 heteroatoms. The van der Waals surface area contributed by atoms with E-state index < -0.39 is 0 Å². The van der Waals surface area contributed by atoms with Gasteiger partial charge in [0.05, 0.1) is 12.2 Å². The lowest BCUT2D eigenvalue weighted by Crippen LogP contribution is -2.17. The number of rotatable bonds is 4. The van der Waals surface area contributed by atoms with Gasteiger partial charge in [0.15, 0.2) is 0 Å². The monoisotopic (exact) mass is 386 g/mol. The molecule has 2 aromatic rings. The second-order valence-corrected chi connectivity index (χ2v) is 6.73. The van der Waals surface area contributed by atoms with Gasteiger partial charge in [-0.3, -0.25) is 9.89 Å². The Kier molecular flexibility index (Phi) is 4.68. The van der Waals surface area contributed by atoms with Gasteiger partial charge in [0.1, 0.15) is 4.47 Å². The zero-order valence-corrected chi connectivity index (χ0v) is 14.1. The molecular weight excluding hydrogens is 372 g/mol. The largest absolute Gasteiger partial charge is 0.298 e. The van der Waals surface area contributed by atoms with Crippen LogP contribution in [0, 0.1) is 5.92 Å². The van der Waals surface area contributed by atoms with E-state index in [1.54, 1.807) is 4.68 Å². The Morgan fingerprint density at radius 2 is 2.05 bits per heavy atom. The minimum absolute atomic E-state index is 0.00405. The van der Waals surface area contributed by atoms with E-state index in [2.05, 4.69) is 50.8 Å². The van der Waals surface area contributed by atoms with E-state index in [1.807, 2.05) is 24.3 Å². The molecule has 0 aliphatic heterocycles. The Bertz CT molecular complexity index is 629. The van der Waals surface area contributed by atoms with Crippen LogP contribution in [-0.2, 0) is 13.0 Å². The average molecular weight is 388 g/mol. The normalized spacial score (nSPS) is 11.2. The molecule has 102 valence electrons. The van der Waals surface area contributed by atoms with Crippen molar-refractivity contribution in [3.63, 3.8) is 0 Å². The third-order valence-electron chi connectivity index (χ3n) is 2.81. The number of nitrogens with one attached hydrogen (secondary N) is 1. The number of aromatic nitrogens is 2. The highest BCUT2D eigenvalue weighted by molar-refractivity contribution is 9.10. The molecule has 0 atom stereocenters. The molecule has 0 aliphatic rings. The van der Waals surface area contributed by atoms with E-state index in [0.717, 1.165) is 22.2 Å². The maximum Gasteiger partial charge on any atom is 0.281 e. The third kappa shape index (κ3) is 3.60. The Morgan fingerprint density at radius 3 is 2.68 bits per heavy atom. The van der Waals surface area contributed by atoms with Crippen LogP contribution in [0.1, 0.15) is 25.1 Å². The van der Waals surface area contributed by atoms with E-state index >= 15 is 0 Å². The lowest BCUT2D eigenvalue weighted by atomic mass is 10.1. The molecule has 1 N–H and O–H groups in total. The molecule has 1 heterocycles. The summed E-state index contributed by atoms with van der Waals surface area (Å²) >= 11 is 6.82. The quantitative estimate of drug-likeness (QED) is 0.847. The number of H-pyrrole nitrogens is 1. The first-order chi connectivity index (χ1) is 8.97. The molecule has 1 aromatic heterocycles. The number of nitrogens with zero attached hydrogens (tertiary/aromatic N) is 1. The molecule has 0 unspecified atom stereocenters. The summed E-state index contributed by atoms with van der Waals surface area (Å²) in [6.07, 6.45) is 0.862. The molecular formula is C14H16Br2N2O. The molecule has 0 saturated carbocycles. The highest BCUT2D eigenvalue weighted by Gasteiger charge is 2.12. The fourth-order valence-electron chi connectivity index (χ4n) is 1.98. The van der Waals surface area contributed by atoms with Crippen molar-refractivity contribution >= 4 is 31.9 Å². The van der Waals surface area contributed by atoms with Gasteiger partial charge in [-0.15, -0.1) is 0 Å². The second-order valence-electron chi connectivity index (χ2n) is 5.02. The van der Waals surface area contributed by atoms with Gasteiger partial charge in [-0.05, 0) is 46.0 Å². The summed E-state index contributed by atoms with van der Waals surface area (Å²) in [5.74, 6) is 0.508. The standard InChI is InChI=1S/C14H16Br2N2O/c1-9(2)6-12-13(16)14(19)18(17-12)8-10-4-3-5-11(15)7-10/h3-5,7,9,17H,6,8H2,1-2H3. The fraction of sp³-hybridized carbons (Fsp3) is 0.357. The van der Waals surface area contributed by atoms with Crippen LogP contribution in [0.5, 0.6) is 0 Å². The van der Waals surface area contributed by atoms with Crippen molar-refractivity contribution in [3.05, 3.63) is 54.8 Å². The van der Waals surface area contributed by atoms with Crippen molar-refractivity contribution < 1.29 is 0 Å². The maximum absolute atomic E-state index is 12.1. The summed E-state index contributed by atoms with van der Waals surface area (Å²) < 4.78 is 3.31. The number of benzene rings is 1. The minimum atomic E-state index is -0.00405. The van der Waals surface area contributed by atoms with E-state index in [4.69, 9.17) is 0 Å². The molecule has 0 saturated heterocycles. The zero-order chi connectivity index (χ0) is 14.0. The molecule has 0 radical (unpaired) electrons. The SMILES string of the molecule is CC(C)Cc1[nH]n(Cc2cccc(Br)c2)c(=O)c1Br. The molecule has 1 aromatic carbocycles. The molecule has 0 bridgehead atoms. The highest BCUT2D eigenvalue weighted by Crippen LogP contribution is 2.16. The molecule has 19 heavy (non-hydrogen) atoms. The highest BCUT2D eigenvalue weighted by atomic mass is 79.9. The number of hydrogen-bond donors (Lipinski definition) is 1. The van der Waals surface area contributed by atoms with Gasteiger partial charge >= 0.3 is 0 Å². The molecule has 2 rings (SSSR count). The first-order valence-electron chi connectivity index (χ1n) is 6.19. The van der Waals surface area contributed by atoms with Crippen molar-refractivity contribution in [2.24, 2.45) is 5.92 Å². The van der Waals surface area contributed by atoms with Gasteiger partial charge in [0, 0.05) is 4.47 Å². The van der Waals surface area contributed by atoms with Crippen molar-refractivity contribution in [2.45, 2.75) is 26.8 Å². The molecule has 0 aliphatic carbocycles. The molecule has 0 amide bonds. The summed E-state index contributed by atoms with van der Waals surface area (Å²) in [5.41, 5.74) is 2.05. The number of hydrogen-bond acceptors (Lipinski definition) is 1. The van der Waals surface area contributed by atoms with Crippen LogP contribution < -0.4 is 5.56 Å². The van der Waals surface area contributed by atoms with Crippen LogP contribution in [0.25, 0.3) is 0 Å². The van der Waals surface area contributed by atoms with Crippen LogP contribution in [0.15, 0.2) is 38.0 Å². The smallest absolute Gasteiger partial charge is 0.281 e. The van der Waals surface area contributed by atoms with Gasteiger partial charge < -0.3 is 0 Å². The van der Waals surface area contributed by atoms with Gasteiger partial charge in [-0.25, -0.2) is 4.68 Å². The predicted octanol–water partition coefficient (Wildman–Crippen LogP) is 3.95. The van der Waals surface area contributed by atoms with Crippen molar-refractivity contribution in [3.8, 4) is 0 Å². The molecule has 0 fully saturated rings. The van der Waals surface area contributed by atoms with E-state index in [0.29, 0.717) is 16.9 Å². The lowest BCUT2D eigenvalue weighted by molar-refractivity contribution is 0.602. The van der Waals surface area contributed by atoms with Gasteiger partial charge in [0.25, 0.3) is 5.56 Å². The third-order valence-corrected chi connectivity index (χ3v) is 4.12. The summed E-state index contributed by atoms with van der Waals surface area (Å²) in [4.78, 5) is 12.1. The lowest BCUT2D eigenvalue weighted by Gasteiger charge is -2.04. The van der Waals surface area contributed by atoms with Gasteiger partial charge in [-0.1, -0.05) is 41.9 Å². The van der Waals surface area contributed by atoms with Gasteiger partial charge in [-0.2, -0.15) is 0 Å². The van der Waals surface area contributed by atoms with Gasteiger partial charge in [0.2, 0.25) is 0 Å². The minimum Gasteiger partial charge on any atom is -0.298 e.